The number of likely N-dealkylation sites (tertiary alicyclic amines) is 1. The molecule has 2 heterocycles. The van der Waals surface area contributed by atoms with Crippen LogP contribution in [0.25, 0.3) is 0 Å². The second-order valence-corrected chi connectivity index (χ2v) is 7.78. The SMILES string of the molecule is O=C(Nc1ccc(Br)cn1)C1CCCN(C(=O)c2cccc(Br)c2)C1. The molecule has 0 saturated carbocycles. The number of hydrogen-bond acceptors (Lipinski definition) is 3. The monoisotopic (exact) mass is 465 g/mol. The summed E-state index contributed by atoms with van der Waals surface area (Å²) >= 11 is 6.70. The van der Waals surface area contributed by atoms with Gasteiger partial charge in [-0.2, -0.15) is 0 Å². The molecule has 0 bridgehead atoms. The number of nitrogens with zero attached hydrogens (tertiary/aromatic N) is 2. The van der Waals surface area contributed by atoms with E-state index in [0.717, 1.165) is 21.8 Å². The Morgan fingerprint density at radius 3 is 2.72 bits per heavy atom. The smallest absolute Gasteiger partial charge is 0.253 e. The van der Waals surface area contributed by atoms with E-state index in [2.05, 4.69) is 42.2 Å². The molecule has 0 radical (unpaired) electrons. The van der Waals surface area contributed by atoms with Crippen molar-refractivity contribution in [3.8, 4) is 0 Å². The molecule has 2 amide bonds. The topological polar surface area (TPSA) is 62.3 Å². The van der Waals surface area contributed by atoms with Crippen LogP contribution < -0.4 is 5.32 Å². The van der Waals surface area contributed by atoms with Crippen molar-refractivity contribution in [1.82, 2.24) is 9.88 Å². The number of piperidine rings is 1. The van der Waals surface area contributed by atoms with Gasteiger partial charge in [-0.25, -0.2) is 4.98 Å². The summed E-state index contributed by atoms with van der Waals surface area (Å²) in [5, 5.41) is 2.83. The van der Waals surface area contributed by atoms with Crippen LogP contribution in [0.2, 0.25) is 0 Å². The summed E-state index contributed by atoms with van der Waals surface area (Å²) in [6.45, 7) is 1.10. The van der Waals surface area contributed by atoms with Crippen molar-refractivity contribution in [2.45, 2.75) is 12.8 Å². The molecule has 7 heteroatoms. The summed E-state index contributed by atoms with van der Waals surface area (Å²) in [7, 11) is 0. The van der Waals surface area contributed by atoms with E-state index in [1.807, 2.05) is 18.2 Å². The van der Waals surface area contributed by atoms with Crippen molar-refractivity contribution in [3.05, 3.63) is 57.1 Å². The zero-order valence-corrected chi connectivity index (χ0v) is 16.6. The minimum Gasteiger partial charge on any atom is -0.338 e. The summed E-state index contributed by atoms with van der Waals surface area (Å²) in [6.07, 6.45) is 3.22. The van der Waals surface area contributed by atoms with Crippen LogP contribution in [0, 0.1) is 5.92 Å². The summed E-state index contributed by atoms with van der Waals surface area (Å²) in [4.78, 5) is 31.1. The van der Waals surface area contributed by atoms with E-state index in [9.17, 15) is 9.59 Å². The Bertz CT molecular complexity index is 780. The van der Waals surface area contributed by atoms with Crippen LogP contribution in [0.3, 0.4) is 0 Å². The van der Waals surface area contributed by atoms with E-state index in [4.69, 9.17) is 0 Å². The highest BCUT2D eigenvalue weighted by atomic mass is 79.9. The molecular weight excluding hydrogens is 450 g/mol. The third-order valence-corrected chi connectivity index (χ3v) is 5.09. The van der Waals surface area contributed by atoms with Crippen molar-refractivity contribution in [3.63, 3.8) is 0 Å². The lowest BCUT2D eigenvalue weighted by molar-refractivity contribution is -0.121. The second kappa shape index (κ2) is 8.10. The quantitative estimate of drug-likeness (QED) is 0.740. The summed E-state index contributed by atoms with van der Waals surface area (Å²) in [5.74, 6) is 0.154. The first-order chi connectivity index (χ1) is 12.0. The average Bonchev–Trinajstić information content (AvgIpc) is 2.63. The number of hydrogen-bond donors (Lipinski definition) is 1. The molecule has 1 unspecified atom stereocenters. The van der Waals surface area contributed by atoms with Gasteiger partial charge in [0.15, 0.2) is 0 Å². The van der Waals surface area contributed by atoms with Gasteiger partial charge >= 0.3 is 0 Å². The maximum atomic E-state index is 12.7. The molecule has 1 saturated heterocycles. The third-order valence-electron chi connectivity index (χ3n) is 4.13. The number of amides is 2. The molecule has 3 rings (SSSR count). The Morgan fingerprint density at radius 2 is 2.00 bits per heavy atom. The molecule has 0 aliphatic carbocycles. The molecule has 1 aliphatic heterocycles. The van der Waals surface area contributed by atoms with Crippen molar-refractivity contribution >= 4 is 49.5 Å². The molecule has 0 spiro atoms. The Labute approximate surface area is 163 Å². The minimum absolute atomic E-state index is 0.0411. The Hall–Kier alpha value is -1.73. The average molecular weight is 467 g/mol. The lowest BCUT2D eigenvalue weighted by Crippen LogP contribution is -2.43. The number of nitrogens with one attached hydrogen (secondary N) is 1. The molecule has 1 aromatic carbocycles. The van der Waals surface area contributed by atoms with Crippen molar-refractivity contribution in [2.75, 3.05) is 18.4 Å². The first-order valence-corrected chi connectivity index (χ1v) is 9.59. The van der Waals surface area contributed by atoms with Gasteiger partial charge in [-0.3, -0.25) is 9.59 Å². The summed E-state index contributed by atoms with van der Waals surface area (Å²) in [5.41, 5.74) is 0.630. The van der Waals surface area contributed by atoms with E-state index in [-0.39, 0.29) is 17.7 Å². The largest absolute Gasteiger partial charge is 0.338 e. The van der Waals surface area contributed by atoms with Crippen LogP contribution in [0.4, 0.5) is 5.82 Å². The second-order valence-electron chi connectivity index (χ2n) is 5.95. The highest BCUT2D eigenvalue weighted by Crippen LogP contribution is 2.21. The Kier molecular flexibility index (Phi) is 5.86. The van der Waals surface area contributed by atoms with E-state index in [0.29, 0.717) is 24.5 Å². The fraction of sp³-hybridized carbons (Fsp3) is 0.278. The molecule has 1 N–H and O–H groups in total. The number of pyridine rings is 1. The molecule has 1 fully saturated rings. The number of rotatable bonds is 3. The fourth-order valence-corrected chi connectivity index (χ4v) is 3.49. The van der Waals surface area contributed by atoms with Crippen LogP contribution in [0.15, 0.2) is 51.5 Å². The van der Waals surface area contributed by atoms with Gasteiger partial charge in [-0.15, -0.1) is 0 Å². The minimum atomic E-state index is -0.227. The standard InChI is InChI=1S/C18H17Br2N3O2/c19-14-5-1-3-12(9-14)18(25)23-8-2-4-13(11-23)17(24)22-16-7-6-15(20)10-21-16/h1,3,5-7,9-10,13H,2,4,8,11H2,(H,21,22,24). The predicted molar refractivity (Wildman–Crippen MR) is 103 cm³/mol. The Balaban J connectivity index is 1.65. The molecule has 25 heavy (non-hydrogen) atoms. The van der Waals surface area contributed by atoms with Crippen molar-refractivity contribution in [1.29, 1.82) is 0 Å². The van der Waals surface area contributed by atoms with Gasteiger partial charge in [0.05, 0.1) is 5.92 Å². The molecular formula is C18H17Br2N3O2. The third kappa shape index (κ3) is 4.67. The number of carbonyl (C=O) groups is 2. The van der Waals surface area contributed by atoms with Crippen LogP contribution in [0.1, 0.15) is 23.2 Å². The maximum absolute atomic E-state index is 12.7. The predicted octanol–water partition coefficient (Wildman–Crippen LogP) is 4.10. The van der Waals surface area contributed by atoms with E-state index >= 15 is 0 Å². The molecule has 2 aromatic rings. The summed E-state index contributed by atoms with van der Waals surface area (Å²) in [6, 6.07) is 10.9. The van der Waals surface area contributed by atoms with Crippen molar-refractivity contribution in [2.24, 2.45) is 5.92 Å². The van der Waals surface area contributed by atoms with Gasteiger partial charge in [-0.1, -0.05) is 22.0 Å². The highest BCUT2D eigenvalue weighted by molar-refractivity contribution is 9.10. The molecule has 1 atom stereocenters. The molecule has 5 nitrogen and oxygen atoms in total. The molecule has 1 aliphatic rings. The summed E-state index contributed by atoms with van der Waals surface area (Å²) < 4.78 is 1.72. The number of halogens is 2. The number of carbonyl (C=O) groups excluding carboxylic acids is 2. The van der Waals surface area contributed by atoms with Crippen LogP contribution in [-0.4, -0.2) is 34.8 Å². The van der Waals surface area contributed by atoms with Gasteiger partial charge in [-0.05, 0) is 59.1 Å². The molecule has 130 valence electrons. The van der Waals surface area contributed by atoms with Gasteiger partial charge in [0.2, 0.25) is 5.91 Å². The van der Waals surface area contributed by atoms with Crippen LogP contribution in [-0.2, 0) is 4.79 Å². The normalized spacial score (nSPS) is 17.2. The number of aromatic nitrogens is 1. The first-order valence-electron chi connectivity index (χ1n) is 8.00. The van der Waals surface area contributed by atoms with Crippen LogP contribution >= 0.6 is 31.9 Å². The van der Waals surface area contributed by atoms with E-state index in [1.165, 1.54) is 0 Å². The number of benzene rings is 1. The maximum Gasteiger partial charge on any atom is 0.253 e. The lowest BCUT2D eigenvalue weighted by Gasteiger charge is -2.32. The fourth-order valence-electron chi connectivity index (χ4n) is 2.86. The van der Waals surface area contributed by atoms with Gasteiger partial charge in [0, 0.05) is 33.8 Å². The zero-order valence-electron chi connectivity index (χ0n) is 13.4. The first kappa shape index (κ1) is 18.1. The molecule has 1 aromatic heterocycles. The van der Waals surface area contributed by atoms with E-state index < -0.39 is 0 Å². The highest BCUT2D eigenvalue weighted by Gasteiger charge is 2.29. The van der Waals surface area contributed by atoms with Crippen LogP contribution in [0.5, 0.6) is 0 Å². The van der Waals surface area contributed by atoms with Gasteiger partial charge < -0.3 is 10.2 Å². The van der Waals surface area contributed by atoms with E-state index in [1.54, 1.807) is 29.3 Å². The lowest BCUT2D eigenvalue weighted by atomic mass is 9.96. The van der Waals surface area contributed by atoms with Gasteiger partial charge in [0.25, 0.3) is 5.91 Å². The van der Waals surface area contributed by atoms with Gasteiger partial charge in [0.1, 0.15) is 5.82 Å². The van der Waals surface area contributed by atoms with Crippen molar-refractivity contribution < 1.29 is 9.59 Å². The Morgan fingerprint density at radius 1 is 1.16 bits per heavy atom. The zero-order chi connectivity index (χ0) is 17.8. The number of anilines is 1.